The molecule has 0 spiro atoms. The Kier molecular flexibility index (Phi) is 2.75. The smallest absolute Gasteiger partial charge is 0.407 e. The van der Waals surface area contributed by atoms with Gasteiger partial charge in [0.25, 0.3) is 0 Å². The second kappa shape index (κ2) is 3.64. The van der Waals surface area contributed by atoms with Crippen LogP contribution in [0.1, 0.15) is 19.8 Å². The zero-order valence-electron chi connectivity index (χ0n) is 7.43. The first-order chi connectivity index (χ1) is 6.04. The number of likely N-dealkylation sites (tertiary alicyclic amines) is 1. The second-order valence-corrected chi connectivity index (χ2v) is 3.30. The Hall–Kier alpha value is -1.26. The molecule has 1 saturated heterocycles. The fourth-order valence-electron chi connectivity index (χ4n) is 1.74. The molecule has 13 heavy (non-hydrogen) atoms. The van der Waals surface area contributed by atoms with Crippen LogP contribution in [0.2, 0.25) is 0 Å². The average molecular weight is 187 g/mol. The summed E-state index contributed by atoms with van der Waals surface area (Å²) >= 11 is 0. The zero-order valence-corrected chi connectivity index (χ0v) is 7.43. The zero-order chi connectivity index (χ0) is 10.0. The van der Waals surface area contributed by atoms with E-state index in [1.165, 1.54) is 4.90 Å². The Labute approximate surface area is 76.0 Å². The normalized spacial score (nSPS) is 28.5. The molecule has 2 atom stereocenters. The summed E-state index contributed by atoms with van der Waals surface area (Å²) in [5.41, 5.74) is 0. The van der Waals surface area contributed by atoms with E-state index in [0.29, 0.717) is 19.4 Å². The SMILES string of the molecule is CC1C(C(=O)O)CCCN1C(=O)O. The summed E-state index contributed by atoms with van der Waals surface area (Å²) in [6.45, 7) is 2.09. The number of hydrogen-bond donors (Lipinski definition) is 2. The summed E-state index contributed by atoms with van der Waals surface area (Å²) < 4.78 is 0. The van der Waals surface area contributed by atoms with Crippen LogP contribution >= 0.6 is 0 Å². The third-order valence-electron chi connectivity index (χ3n) is 2.55. The topological polar surface area (TPSA) is 77.8 Å². The van der Waals surface area contributed by atoms with Gasteiger partial charge in [-0.2, -0.15) is 0 Å². The van der Waals surface area contributed by atoms with Crippen LogP contribution in [0.5, 0.6) is 0 Å². The van der Waals surface area contributed by atoms with Crippen LogP contribution in [0, 0.1) is 5.92 Å². The number of rotatable bonds is 1. The van der Waals surface area contributed by atoms with Gasteiger partial charge in [-0.25, -0.2) is 4.79 Å². The van der Waals surface area contributed by atoms with Crippen LogP contribution in [0.3, 0.4) is 0 Å². The predicted molar refractivity (Wildman–Crippen MR) is 44.6 cm³/mol. The lowest BCUT2D eigenvalue weighted by molar-refractivity contribution is -0.145. The highest BCUT2D eigenvalue weighted by Gasteiger charge is 2.35. The molecule has 0 aromatic heterocycles. The minimum Gasteiger partial charge on any atom is -0.481 e. The summed E-state index contributed by atoms with van der Waals surface area (Å²) in [4.78, 5) is 22.6. The lowest BCUT2D eigenvalue weighted by atomic mass is 9.91. The molecule has 5 heteroatoms. The number of carboxylic acid groups (broad SMARTS) is 2. The van der Waals surface area contributed by atoms with Crippen molar-refractivity contribution in [1.29, 1.82) is 0 Å². The number of aliphatic carboxylic acids is 1. The molecular weight excluding hydrogens is 174 g/mol. The maximum atomic E-state index is 10.7. The summed E-state index contributed by atoms with van der Waals surface area (Å²) in [5.74, 6) is -1.46. The van der Waals surface area contributed by atoms with Crippen LogP contribution in [-0.2, 0) is 4.79 Å². The molecule has 1 aliphatic heterocycles. The Balaban J connectivity index is 2.71. The summed E-state index contributed by atoms with van der Waals surface area (Å²) in [5, 5.41) is 17.5. The third-order valence-corrected chi connectivity index (χ3v) is 2.55. The van der Waals surface area contributed by atoms with E-state index in [9.17, 15) is 9.59 Å². The molecule has 1 aliphatic rings. The van der Waals surface area contributed by atoms with Gasteiger partial charge in [0.1, 0.15) is 0 Å². The molecule has 1 heterocycles. The highest BCUT2D eigenvalue weighted by Crippen LogP contribution is 2.23. The van der Waals surface area contributed by atoms with Crippen molar-refractivity contribution in [3.05, 3.63) is 0 Å². The molecule has 5 nitrogen and oxygen atoms in total. The summed E-state index contributed by atoms with van der Waals surface area (Å²) in [7, 11) is 0. The molecule has 1 fully saturated rings. The van der Waals surface area contributed by atoms with Crippen LogP contribution in [-0.4, -0.2) is 39.8 Å². The number of amides is 1. The number of nitrogens with zero attached hydrogens (tertiary/aromatic N) is 1. The Morgan fingerprint density at radius 3 is 2.46 bits per heavy atom. The third kappa shape index (κ3) is 1.91. The Morgan fingerprint density at radius 2 is 2.00 bits per heavy atom. The van der Waals surface area contributed by atoms with E-state index >= 15 is 0 Å². The lowest BCUT2D eigenvalue weighted by Gasteiger charge is -2.35. The van der Waals surface area contributed by atoms with Crippen molar-refractivity contribution in [1.82, 2.24) is 4.90 Å². The van der Waals surface area contributed by atoms with Crippen molar-refractivity contribution in [3.8, 4) is 0 Å². The van der Waals surface area contributed by atoms with Gasteiger partial charge in [0.05, 0.1) is 5.92 Å². The van der Waals surface area contributed by atoms with E-state index in [4.69, 9.17) is 10.2 Å². The van der Waals surface area contributed by atoms with E-state index in [1.807, 2.05) is 0 Å². The van der Waals surface area contributed by atoms with E-state index < -0.39 is 24.0 Å². The molecule has 74 valence electrons. The number of piperidine rings is 1. The maximum Gasteiger partial charge on any atom is 0.407 e. The first-order valence-corrected chi connectivity index (χ1v) is 4.26. The van der Waals surface area contributed by atoms with Gasteiger partial charge in [-0.15, -0.1) is 0 Å². The van der Waals surface area contributed by atoms with Crippen LogP contribution in [0.15, 0.2) is 0 Å². The monoisotopic (exact) mass is 187 g/mol. The quantitative estimate of drug-likeness (QED) is 0.637. The lowest BCUT2D eigenvalue weighted by Crippen LogP contribution is -2.48. The van der Waals surface area contributed by atoms with Gasteiger partial charge >= 0.3 is 12.1 Å². The molecule has 1 rings (SSSR count). The highest BCUT2D eigenvalue weighted by atomic mass is 16.4. The molecule has 0 aromatic rings. The highest BCUT2D eigenvalue weighted by molar-refractivity contribution is 5.73. The van der Waals surface area contributed by atoms with Crippen molar-refractivity contribution >= 4 is 12.1 Å². The fourth-order valence-corrected chi connectivity index (χ4v) is 1.74. The minimum atomic E-state index is -1.03. The van der Waals surface area contributed by atoms with Gasteiger partial charge in [-0.1, -0.05) is 0 Å². The molecule has 0 bridgehead atoms. The van der Waals surface area contributed by atoms with Crippen molar-refractivity contribution in [2.45, 2.75) is 25.8 Å². The van der Waals surface area contributed by atoms with E-state index in [0.717, 1.165) is 0 Å². The van der Waals surface area contributed by atoms with Gasteiger partial charge in [-0.05, 0) is 19.8 Å². The van der Waals surface area contributed by atoms with Gasteiger partial charge in [0.2, 0.25) is 0 Å². The molecule has 1 amide bonds. The van der Waals surface area contributed by atoms with Crippen LogP contribution < -0.4 is 0 Å². The summed E-state index contributed by atoms with van der Waals surface area (Å²) in [6.07, 6.45) is 0.173. The van der Waals surface area contributed by atoms with E-state index in [2.05, 4.69) is 0 Å². The fraction of sp³-hybridized carbons (Fsp3) is 0.750. The first kappa shape index (κ1) is 9.83. The van der Waals surface area contributed by atoms with Crippen molar-refractivity contribution in [2.24, 2.45) is 5.92 Å². The molecule has 0 radical (unpaired) electrons. The average Bonchev–Trinajstić information content (AvgIpc) is 2.03. The first-order valence-electron chi connectivity index (χ1n) is 4.26. The Bertz CT molecular complexity index is 206. The molecule has 0 aromatic carbocycles. The van der Waals surface area contributed by atoms with Crippen LogP contribution in [0.4, 0.5) is 4.79 Å². The number of hydrogen-bond acceptors (Lipinski definition) is 2. The van der Waals surface area contributed by atoms with E-state index in [-0.39, 0.29) is 0 Å². The van der Waals surface area contributed by atoms with Gasteiger partial charge < -0.3 is 15.1 Å². The van der Waals surface area contributed by atoms with Crippen molar-refractivity contribution in [3.63, 3.8) is 0 Å². The summed E-state index contributed by atoms with van der Waals surface area (Å²) in [6, 6.07) is -0.413. The largest absolute Gasteiger partial charge is 0.481 e. The standard InChI is InChI=1S/C8H13NO4/c1-5-6(7(10)11)3-2-4-9(5)8(12)13/h5-6H,2-4H2,1H3,(H,10,11)(H,12,13). The molecule has 0 saturated carbocycles. The van der Waals surface area contributed by atoms with E-state index in [1.54, 1.807) is 6.92 Å². The molecule has 2 unspecified atom stereocenters. The maximum absolute atomic E-state index is 10.7. The molecule has 2 N–H and O–H groups in total. The minimum absolute atomic E-state index is 0.413. The number of carboxylic acids is 1. The van der Waals surface area contributed by atoms with Crippen LogP contribution in [0.25, 0.3) is 0 Å². The van der Waals surface area contributed by atoms with Gasteiger partial charge in [0, 0.05) is 12.6 Å². The Morgan fingerprint density at radius 1 is 1.38 bits per heavy atom. The number of carbonyl (C=O) groups is 2. The van der Waals surface area contributed by atoms with Crippen molar-refractivity contribution < 1.29 is 19.8 Å². The molecule has 0 aliphatic carbocycles. The van der Waals surface area contributed by atoms with Gasteiger partial charge in [-0.3, -0.25) is 4.79 Å². The predicted octanol–water partition coefficient (Wildman–Crippen LogP) is 0.850. The van der Waals surface area contributed by atoms with Crippen molar-refractivity contribution in [2.75, 3.05) is 6.54 Å². The second-order valence-electron chi connectivity index (χ2n) is 3.30. The molecular formula is C8H13NO4. The van der Waals surface area contributed by atoms with Gasteiger partial charge in [0.15, 0.2) is 0 Å².